The number of carbonyl (C=O) groups excluding carboxylic acids is 1. The van der Waals surface area contributed by atoms with Gasteiger partial charge in [0.05, 0.1) is 0 Å². The summed E-state index contributed by atoms with van der Waals surface area (Å²) in [7, 11) is 0. The average molecular weight is 224 g/mol. The van der Waals surface area contributed by atoms with Gasteiger partial charge in [-0.2, -0.15) is 0 Å². The van der Waals surface area contributed by atoms with Crippen molar-refractivity contribution >= 4 is 5.91 Å². The van der Waals surface area contributed by atoms with Crippen molar-refractivity contribution in [2.45, 2.75) is 64.0 Å². The van der Waals surface area contributed by atoms with Crippen LogP contribution in [-0.4, -0.2) is 29.4 Å². The van der Waals surface area contributed by atoms with Crippen molar-refractivity contribution in [3.63, 3.8) is 0 Å². The molecule has 0 aliphatic heterocycles. The quantitative estimate of drug-likeness (QED) is 0.718. The van der Waals surface area contributed by atoms with E-state index in [0.717, 1.165) is 25.3 Å². The minimum Gasteiger partial charge on any atom is -0.339 e. The third-order valence-electron chi connectivity index (χ3n) is 3.51. The van der Waals surface area contributed by atoms with Crippen LogP contribution in [0.15, 0.2) is 0 Å². The zero-order valence-corrected chi connectivity index (χ0v) is 10.3. The molecule has 0 spiro atoms. The number of nitrogens with zero attached hydrogens (tertiary/aromatic N) is 1. The smallest absolute Gasteiger partial charge is 0.222 e. The van der Waals surface area contributed by atoms with Crippen LogP contribution in [0.25, 0.3) is 0 Å². The van der Waals surface area contributed by atoms with Crippen molar-refractivity contribution in [2.75, 3.05) is 6.54 Å². The van der Waals surface area contributed by atoms with Crippen LogP contribution in [0.1, 0.15) is 51.9 Å². The Morgan fingerprint density at radius 1 is 1.38 bits per heavy atom. The largest absolute Gasteiger partial charge is 0.339 e. The molecule has 1 atom stereocenters. The summed E-state index contributed by atoms with van der Waals surface area (Å²) in [6.45, 7) is 3.04. The molecule has 0 saturated heterocycles. The Morgan fingerprint density at radius 2 is 2.06 bits per heavy atom. The van der Waals surface area contributed by atoms with Gasteiger partial charge in [0.2, 0.25) is 5.91 Å². The lowest BCUT2D eigenvalue weighted by Crippen LogP contribution is -2.34. The lowest BCUT2D eigenvalue weighted by atomic mass is 10.1. The summed E-state index contributed by atoms with van der Waals surface area (Å²) in [4.78, 5) is 14.2. The third kappa shape index (κ3) is 3.78. The molecule has 2 saturated carbocycles. The fourth-order valence-electron chi connectivity index (χ4n) is 2.14. The van der Waals surface area contributed by atoms with E-state index in [-0.39, 0.29) is 6.04 Å². The van der Waals surface area contributed by atoms with Crippen LogP contribution in [0.4, 0.5) is 0 Å². The molecule has 3 heteroatoms. The maximum atomic E-state index is 12.1. The van der Waals surface area contributed by atoms with Crippen molar-refractivity contribution in [1.82, 2.24) is 4.90 Å². The van der Waals surface area contributed by atoms with E-state index >= 15 is 0 Å². The van der Waals surface area contributed by atoms with Gasteiger partial charge < -0.3 is 10.6 Å². The first kappa shape index (κ1) is 11.9. The number of hydrogen-bond acceptors (Lipinski definition) is 2. The molecule has 0 aromatic heterocycles. The lowest BCUT2D eigenvalue weighted by molar-refractivity contribution is -0.132. The number of nitrogens with two attached hydrogens (primary N) is 1. The molecule has 1 amide bonds. The van der Waals surface area contributed by atoms with Crippen LogP contribution in [0.2, 0.25) is 0 Å². The van der Waals surface area contributed by atoms with Crippen molar-refractivity contribution < 1.29 is 4.79 Å². The summed E-state index contributed by atoms with van der Waals surface area (Å²) in [5.41, 5.74) is 5.69. The molecule has 92 valence electrons. The molecule has 2 rings (SSSR count). The van der Waals surface area contributed by atoms with Crippen LogP contribution < -0.4 is 5.73 Å². The van der Waals surface area contributed by atoms with Gasteiger partial charge in [-0.05, 0) is 51.4 Å². The van der Waals surface area contributed by atoms with E-state index in [9.17, 15) is 4.79 Å². The standard InChI is InChI=1S/C13H24N2O/c1-10(14)3-2-4-13(16)15(12-7-8-12)9-11-5-6-11/h10-12H,2-9,14H2,1H3. The summed E-state index contributed by atoms with van der Waals surface area (Å²) >= 11 is 0. The second-order valence-corrected chi connectivity index (χ2v) is 5.59. The predicted molar refractivity (Wildman–Crippen MR) is 65.0 cm³/mol. The molecule has 2 N–H and O–H groups in total. The summed E-state index contributed by atoms with van der Waals surface area (Å²) < 4.78 is 0. The maximum absolute atomic E-state index is 12.1. The monoisotopic (exact) mass is 224 g/mol. The highest BCUT2D eigenvalue weighted by atomic mass is 16.2. The molecular formula is C13H24N2O. The Labute approximate surface area is 98.4 Å². The highest BCUT2D eigenvalue weighted by Crippen LogP contribution is 2.35. The molecule has 1 unspecified atom stereocenters. The van der Waals surface area contributed by atoms with Gasteiger partial charge in [-0.3, -0.25) is 4.79 Å². The summed E-state index contributed by atoms with van der Waals surface area (Å²) in [5.74, 6) is 1.19. The molecule has 0 aromatic carbocycles. The Hall–Kier alpha value is -0.570. The summed E-state index contributed by atoms with van der Waals surface area (Å²) in [6.07, 6.45) is 7.73. The van der Waals surface area contributed by atoms with Crippen molar-refractivity contribution in [3.05, 3.63) is 0 Å². The van der Waals surface area contributed by atoms with Gasteiger partial charge in [0, 0.05) is 25.0 Å². The molecule has 2 fully saturated rings. The highest BCUT2D eigenvalue weighted by Gasteiger charge is 2.35. The second kappa shape index (κ2) is 5.17. The molecule has 3 nitrogen and oxygen atoms in total. The van der Waals surface area contributed by atoms with Gasteiger partial charge in [0.1, 0.15) is 0 Å². The third-order valence-corrected chi connectivity index (χ3v) is 3.51. The molecule has 2 aliphatic carbocycles. The first-order valence-electron chi connectivity index (χ1n) is 6.72. The minimum absolute atomic E-state index is 0.227. The first-order valence-corrected chi connectivity index (χ1v) is 6.72. The van der Waals surface area contributed by atoms with Crippen molar-refractivity contribution in [2.24, 2.45) is 11.7 Å². The van der Waals surface area contributed by atoms with Crippen LogP contribution in [-0.2, 0) is 4.79 Å². The Morgan fingerprint density at radius 3 is 2.56 bits per heavy atom. The zero-order valence-electron chi connectivity index (χ0n) is 10.3. The van der Waals surface area contributed by atoms with E-state index in [4.69, 9.17) is 5.73 Å². The van der Waals surface area contributed by atoms with Gasteiger partial charge >= 0.3 is 0 Å². The first-order chi connectivity index (χ1) is 7.66. The Kier molecular flexibility index (Phi) is 3.85. The Bertz CT molecular complexity index is 244. The van der Waals surface area contributed by atoms with E-state index < -0.39 is 0 Å². The second-order valence-electron chi connectivity index (χ2n) is 5.59. The lowest BCUT2D eigenvalue weighted by Gasteiger charge is -2.22. The normalized spacial score (nSPS) is 21.9. The molecule has 0 bridgehead atoms. The molecule has 2 aliphatic rings. The topological polar surface area (TPSA) is 46.3 Å². The van der Waals surface area contributed by atoms with E-state index in [1.807, 2.05) is 6.92 Å². The molecule has 0 aromatic rings. The van der Waals surface area contributed by atoms with E-state index in [1.54, 1.807) is 0 Å². The molecule has 0 heterocycles. The average Bonchev–Trinajstić information content (AvgIpc) is 3.06. The minimum atomic E-state index is 0.227. The zero-order chi connectivity index (χ0) is 11.5. The van der Waals surface area contributed by atoms with Crippen LogP contribution in [0.3, 0.4) is 0 Å². The summed E-state index contributed by atoms with van der Waals surface area (Å²) in [6, 6.07) is 0.814. The number of hydrogen-bond donors (Lipinski definition) is 1. The van der Waals surface area contributed by atoms with Gasteiger partial charge in [0.25, 0.3) is 0 Å². The molecule has 0 radical (unpaired) electrons. The highest BCUT2D eigenvalue weighted by molar-refractivity contribution is 5.76. The van der Waals surface area contributed by atoms with Gasteiger partial charge in [-0.15, -0.1) is 0 Å². The number of amides is 1. The van der Waals surface area contributed by atoms with Gasteiger partial charge in [-0.1, -0.05) is 0 Å². The molecular weight excluding hydrogens is 200 g/mol. The van der Waals surface area contributed by atoms with E-state index in [1.165, 1.54) is 25.7 Å². The van der Waals surface area contributed by atoms with Gasteiger partial charge in [-0.25, -0.2) is 0 Å². The fourth-order valence-corrected chi connectivity index (χ4v) is 2.14. The van der Waals surface area contributed by atoms with Gasteiger partial charge in [0.15, 0.2) is 0 Å². The van der Waals surface area contributed by atoms with Crippen LogP contribution in [0.5, 0.6) is 0 Å². The predicted octanol–water partition coefficient (Wildman–Crippen LogP) is 1.90. The molecule has 16 heavy (non-hydrogen) atoms. The van der Waals surface area contributed by atoms with Crippen molar-refractivity contribution in [1.29, 1.82) is 0 Å². The van der Waals surface area contributed by atoms with E-state index in [0.29, 0.717) is 18.4 Å². The van der Waals surface area contributed by atoms with E-state index in [2.05, 4.69) is 4.90 Å². The Balaban J connectivity index is 1.70. The number of carbonyl (C=O) groups is 1. The SMILES string of the molecule is CC(N)CCCC(=O)N(CC1CC1)C1CC1. The van der Waals surface area contributed by atoms with Crippen molar-refractivity contribution in [3.8, 4) is 0 Å². The number of rotatable bonds is 7. The fraction of sp³-hybridized carbons (Fsp3) is 0.923. The summed E-state index contributed by atoms with van der Waals surface area (Å²) in [5, 5.41) is 0. The maximum Gasteiger partial charge on any atom is 0.222 e. The van der Waals surface area contributed by atoms with Crippen LogP contribution >= 0.6 is 0 Å². The van der Waals surface area contributed by atoms with Crippen LogP contribution in [0, 0.1) is 5.92 Å².